The Morgan fingerprint density at radius 1 is 0.611 bits per heavy atom. The molecule has 4 nitrogen and oxygen atoms in total. The summed E-state index contributed by atoms with van der Waals surface area (Å²) in [4.78, 5) is 12.8. The second-order valence-electron chi connectivity index (χ2n) is 17.0. The monoisotopic (exact) mass is 763 g/mol. The van der Waals surface area contributed by atoms with Gasteiger partial charge < -0.3 is 4.74 Å². The van der Waals surface area contributed by atoms with Crippen molar-refractivity contribution in [3.63, 3.8) is 0 Å². The van der Waals surface area contributed by atoms with Gasteiger partial charge in [-0.05, 0) is 88.7 Å². The summed E-state index contributed by atoms with van der Waals surface area (Å²) in [5.41, 5.74) is 1.44. The maximum Gasteiger partial charge on any atom is 0.193 e. The summed E-state index contributed by atoms with van der Waals surface area (Å²) in [6.45, 7) is 6.66. The molecule has 0 saturated heterocycles. The molecule has 3 rings (SSSR count). The average Bonchev–Trinajstić information content (AvgIpc) is 3.20. The van der Waals surface area contributed by atoms with E-state index in [4.69, 9.17) is 4.74 Å². The predicted octanol–water partition coefficient (Wildman–Crippen LogP) is 14.9. The minimum absolute atomic E-state index is 0.0644. The highest BCUT2D eigenvalue weighted by atomic mass is 31.1. The van der Waals surface area contributed by atoms with E-state index in [9.17, 15) is 4.79 Å². The van der Waals surface area contributed by atoms with Crippen LogP contribution in [0.4, 0.5) is 0 Å². The summed E-state index contributed by atoms with van der Waals surface area (Å²) >= 11 is 0. The van der Waals surface area contributed by atoms with Gasteiger partial charge in [0.2, 0.25) is 0 Å². The predicted molar refractivity (Wildman–Crippen MR) is 237 cm³/mol. The number of hydrogen-bond donors (Lipinski definition) is 0. The van der Waals surface area contributed by atoms with Crippen LogP contribution in [-0.4, -0.2) is 48.4 Å². The molecule has 0 amide bonds. The Kier molecular flexibility index (Phi) is 26.3. The number of ketones is 1. The number of carbonyl (C=O) groups is 1. The smallest absolute Gasteiger partial charge is 0.193 e. The van der Waals surface area contributed by atoms with Gasteiger partial charge in [-0.1, -0.05) is 179 Å². The number of unbranched alkanes of at least 4 members (excludes halogenated alkanes) is 15. The van der Waals surface area contributed by atoms with Crippen molar-refractivity contribution in [3.8, 4) is 5.75 Å². The zero-order chi connectivity index (χ0) is 38.5. The Balaban J connectivity index is 1.36. The molecule has 3 atom stereocenters. The second kappa shape index (κ2) is 30.4. The Hall–Kier alpha value is -1.74. The summed E-state index contributed by atoms with van der Waals surface area (Å²) in [6, 6.07) is 18.1. The first-order valence-electron chi connectivity index (χ1n) is 23.0. The summed E-state index contributed by atoms with van der Waals surface area (Å²) in [5.74, 6) is 2.39. The first kappa shape index (κ1) is 46.6. The van der Waals surface area contributed by atoms with E-state index in [0.29, 0.717) is 11.5 Å². The minimum Gasteiger partial charge on any atom is -0.493 e. The highest BCUT2D eigenvalue weighted by Gasteiger charge is 2.20. The Morgan fingerprint density at radius 2 is 1.07 bits per heavy atom. The SMILES string of the molecule is CCCCCCCCCCCCC(CCCCCCCC(CCCCC)COc1ccc(C(=O)c2ccccc2)cc1)CN(C)PN(C)C1CCCCC1. The van der Waals surface area contributed by atoms with Crippen LogP contribution in [0.15, 0.2) is 54.6 Å². The summed E-state index contributed by atoms with van der Waals surface area (Å²) < 4.78 is 11.7. The van der Waals surface area contributed by atoms with Gasteiger partial charge in [-0.25, -0.2) is 0 Å². The fraction of sp³-hybridized carbons (Fsp3) is 0.735. The van der Waals surface area contributed by atoms with Gasteiger partial charge in [-0.2, -0.15) is 0 Å². The van der Waals surface area contributed by atoms with Crippen molar-refractivity contribution in [1.82, 2.24) is 9.34 Å². The molecule has 0 N–H and O–H groups in total. The van der Waals surface area contributed by atoms with Crippen LogP contribution >= 0.6 is 8.88 Å². The van der Waals surface area contributed by atoms with Crippen LogP contribution in [0.5, 0.6) is 5.75 Å². The standard InChI is InChI=1S/C49H83N2O2P/c1-5-7-9-10-11-12-13-14-16-22-29-43(41-50(3)54-51(4)47-35-27-20-28-36-47)30-23-17-15-18-24-32-44(31-21-8-6-2)42-53-48-39-37-46(38-40-48)49(52)45-33-25-19-26-34-45/h19,25-26,33-34,37-40,43-44,47,54H,5-18,20-24,27-32,35-36,41-42H2,1-4H3. The molecule has 1 aliphatic rings. The van der Waals surface area contributed by atoms with Gasteiger partial charge in [-0.3, -0.25) is 14.1 Å². The minimum atomic E-state index is 0.0644. The van der Waals surface area contributed by atoms with Crippen LogP contribution < -0.4 is 4.74 Å². The molecular formula is C49H83N2O2P. The van der Waals surface area contributed by atoms with E-state index in [1.165, 1.54) is 180 Å². The van der Waals surface area contributed by atoms with E-state index in [1.807, 2.05) is 54.6 Å². The van der Waals surface area contributed by atoms with Gasteiger partial charge in [0.25, 0.3) is 0 Å². The lowest BCUT2D eigenvalue weighted by atomic mass is 9.93. The first-order valence-corrected chi connectivity index (χ1v) is 23.9. The molecule has 306 valence electrons. The highest BCUT2D eigenvalue weighted by molar-refractivity contribution is 7.32. The van der Waals surface area contributed by atoms with Crippen LogP contribution in [0, 0.1) is 11.8 Å². The lowest BCUT2D eigenvalue weighted by Gasteiger charge is -2.34. The summed E-state index contributed by atoms with van der Waals surface area (Å²) in [5, 5.41) is 0. The first-order chi connectivity index (χ1) is 26.5. The largest absolute Gasteiger partial charge is 0.493 e. The lowest BCUT2D eigenvalue weighted by Crippen LogP contribution is -2.31. The highest BCUT2D eigenvalue weighted by Crippen LogP contribution is 2.32. The van der Waals surface area contributed by atoms with Gasteiger partial charge in [0, 0.05) is 32.6 Å². The van der Waals surface area contributed by atoms with E-state index in [0.717, 1.165) is 38.8 Å². The molecule has 0 spiro atoms. The van der Waals surface area contributed by atoms with Crippen molar-refractivity contribution in [1.29, 1.82) is 0 Å². The van der Waals surface area contributed by atoms with E-state index in [-0.39, 0.29) is 5.78 Å². The molecule has 5 heteroatoms. The van der Waals surface area contributed by atoms with Gasteiger partial charge in [0.1, 0.15) is 5.75 Å². The average molecular weight is 763 g/mol. The molecule has 0 aliphatic heterocycles. The van der Waals surface area contributed by atoms with Crippen molar-refractivity contribution in [2.24, 2.45) is 11.8 Å². The molecule has 2 aromatic carbocycles. The van der Waals surface area contributed by atoms with Crippen molar-refractivity contribution in [2.75, 3.05) is 27.2 Å². The van der Waals surface area contributed by atoms with Crippen LogP contribution in [0.3, 0.4) is 0 Å². The van der Waals surface area contributed by atoms with E-state index in [2.05, 4.69) is 37.3 Å². The van der Waals surface area contributed by atoms with Crippen LogP contribution in [0.25, 0.3) is 0 Å². The van der Waals surface area contributed by atoms with Crippen molar-refractivity contribution >= 4 is 14.7 Å². The molecule has 0 bridgehead atoms. The maximum atomic E-state index is 12.8. The lowest BCUT2D eigenvalue weighted by molar-refractivity contribution is 0.103. The molecule has 0 radical (unpaired) electrons. The molecule has 1 aliphatic carbocycles. The van der Waals surface area contributed by atoms with Gasteiger partial charge >= 0.3 is 0 Å². The molecule has 0 heterocycles. The van der Waals surface area contributed by atoms with E-state index in [1.54, 1.807) is 0 Å². The van der Waals surface area contributed by atoms with Crippen LogP contribution in [-0.2, 0) is 0 Å². The fourth-order valence-corrected chi connectivity index (χ4v) is 9.86. The van der Waals surface area contributed by atoms with Gasteiger partial charge in [-0.15, -0.1) is 0 Å². The van der Waals surface area contributed by atoms with Crippen molar-refractivity contribution < 1.29 is 9.53 Å². The second-order valence-corrected chi connectivity index (χ2v) is 18.6. The van der Waals surface area contributed by atoms with Crippen LogP contribution in [0.1, 0.15) is 203 Å². The number of nitrogens with zero attached hydrogens (tertiary/aromatic N) is 2. The molecular weight excluding hydrogens is 680 g/mol. The number of benzene rings is 2. The molecule has 3 unspecified atom stereocenters. The summed E-state index contributed by atoms with van der Waals surface area (Å²) in [6.07, 6.45) is 37.4. The van der Waals surface area contributed by atoms with Crippen molar-refractivity contribution in [3.05, 3.63) is 65.7 Å². The molecule has 1 saturated carbocycles. The number of hydrogen-bond acceptors (Lipinski definition) is 4. The maximum absolute atomic E-state index is 12.8. The van der Waals surface area contributed by atoms with Gasteiger partial charge in [0.15, 0.2) is 5.78 Å². The zero-order valence-electron chi connectivity index (χ0n) is 35.6. The third-order valence-corrected chi connectivity index (χ3v) is 13.2. The molecule has 54 heavy (non-hydrogen) atoms. The van der Waals surface area contributed by atoms with Gasteiger partial charge in [0.05, 0.1) is 6.61 Å². The van der Waals surface area contributed by atoms with Crippen LogP contribution in [0.2, 0.25) is 0 Å². The molecule has 0 aromatic heterocycles. The Morgan fingerprint density at radius 3 is 1.63 bits per heavy atom. The number of rotatable bonds is 33. The third kappa shape index (κ3) is 21.0. The third-order valence-electron chi connectivity index (χ3n) is 12.0. The Bertz CT molecular complexity index is 1170. The number of carbonyl (C=O) groups excluding carboxylic acids is 1. The van der Waals surface area contributed by atoms with Crippen molar-refractivity contribution in [2.45, 2.75) is 193 Å². The summed E-state index contributed by atoms with van der Waals surface area (Å²) in [7, 11) is 5.62. The normalized spacial score (nSPS) is 15.1. The van der Waals surface area contributed by atoms with E-state index >= 15 is 0 Å². The number of ether oxygens (including phenoxy) is 1. The Labute approximate surface area is 336 Å². The molecule has 1 fully saturated rings. The van der Waals surface area contributed by atoms with E-state index < -0.39 is 0 Å². The fourth-order valence-electron chi connectivity index (χ4n) is 8.56. The molecule has 2 aromatic rings. The zero-order valence-corrected chi connectivity index (χ0v) is 36.6. The topological polar surface area (TPSA) is 32.8 Å². The quantitative estimate of drug-likeness (QED) is 0.0412.